The SMILES string of the molecule is CCc1cc(NN)nc(C2CCOc3ccccc32)n1. The Morgan fingerprint density at radius 2 is 2.20 bits per heavy atom. The highest BCUT2D eigenvalue weighted by Gasteiger charge is 2.25. The maximum Gasteiger partial charge on any atom is 0.143 e. The second kappa shape index (κ2) is 5.46. The third-order valence-electron chi connectivity index (χ3n) is 3.58. The molecule has 0 amide bonds. The molecule has 5 heteroatoms. The lowest BCUT2D eigenvalue weighted by Gasteiger charge is -2.25. The van der Waals surface area contributed by atoms with Crippen LogP contribution in [0.2, 0.25) is 0 Å². The first-order valence-corrected chi connectivity index (χ1v) is 6.88. The molecule has 0 saturated carbocycles. The van der Waals surface area contributed by atoms with Crippen molar-refractivity contribution in [2.24, 2.45) is 5.84 Å². The van der Waals surface area contributed by atoms with Crippen LogP contribution in [-0.2, 0) is 6.42 Å². The van der Waals surface area contributed by atoms with Gasteiger partial charge in [0.2, 0.25) is 0 Å². The normalized spacial score (nSPS) is 17.2. The summed E-state index contributed by atoms with van der Waals surface area (Å²) in [6, 6.07) is 9.96. The molecule has 0 fully saturated rings. The predicted molar refractivity (Wildman–Crippen MR) is 77.6 cm³/mol. The van der Waals surface area contributed by atoms with Gasteiger partial charge in [0.05, 0.1) is 12.5 Å². The van der Waals surface area contributed by atoms with Crippen molar-refractivity contribution in [3.05, 3.63) is 47.4 Å². The molecule has 1 unspecified atom stereocenters. The Kier molecular flexibility index (Phi) is 3.52. The number of ether oxygens (including phenoxy) is 1. The molecule has 1 aromatic carbocycles. The summed E-state index contributed by atoms with van der Waals surface area (Å²) in [5.74, 6) is 8.07. The highest BCUT2D eigenvalue weighted by atomic mass is 16.5. The number of nitrogen functional groups attached to an aromatic ring is 1. The smallest absolute Gasteiger partial charge is 0.143 e. The van der Waals surface area contributed by atoms with Crippen LogP contribution >= 0.6 is 0 Å². The minimum absolute atomic E-state index is 0.165. The standard InChI is InChI=1S/C15H18N4O/c1-2-10-9-14(19-16)18-15(17-10)12-7-8-20-13-6-4-3-5-11(12)13/h3-6,9,12H,2,7-8,16H2,1H3,(H,17,18,19). The molecule has 2 heterocycles. The van der Waals surface area contributed by atoms with Gasteiger partial charge in [-0.15, -0.1) is 0 Å². The van der Waals surface area contributed by atoms with Gasteiger partial charge in [-0.2, -0.15) is 0 Å². The van der Waals surface area contributed by atoms with Crippen molar-refractivity contribution in [3.63, 3.8) is 0 Å². The van der Waals surface area contributed by atoms with E-state index in [4.69, 9.17) is 10.6 Å². The maximum absolute atomic E-state index is 5.69. The largest absolute Gasteiger partial charge is 0.493 e. The number of rotatable bonds is 3. The molecule has 1 aliphatic rings. The third-order valence-corrected chi connectivity index (χ3v) is 3.58. The van der Waals surface area contributed by atoms with Crippen molar-refractivity contribution in [3.8, 4) is 5.75 Å². The Labute approximate surface area is 118 Å². The molecule has 1 aliphatic heterocycles. The first-order valence-electron chi connectivity index (χ1n) is 6.88. The van der Waals surface area contributed by atoms with Gasteiger partial charge >= 0.3 is 0 Å². The predicted octanol–water partition coefficient (Wildman–Crippen LogP) is 2.24. The van der Waals surface area contributed by atoms with Gasteiger partial charge in [0.1, 0.15) is 17.4 Å². The lowest BCUT2D eigenvalue weighted by atomic mass is 9.92. The number of benzene rings is 1. The lowest BCUT2D eigenvalue weighted by molar-refractivity contribution is 0.274. The van der Waals surface area contributed by atoms with E-state index < -0.39 is 0 Å². The van der Waals surface area contributed by atoms with Gasteiger partial charge in [-0.1, -0.05) is 25.1 Å². The zero-order valence-corrected chi connectivity index (χ0v) is 11.5. The average Bonchev–Trinajstić information content (AvgIpc) is 2.53. The average molecular weight is 270 g/mol. The fourth-order valence-electron chi connectivity index (χ4n) is 2.54. The van der Waals surface area contributed by atoms with Crippen LogP contribution in [0.4, 0.5) is 5.82 Å². The molecule has 3 rings (SSSR count). The Hall–Kier alpha value is -2.14. The molecule has 3 N–H and O–H groups in total. The van der Waals surface area contributed by atoms with E-state index in [1.807, 2.05) is 24.3 Å². The van der Waals surface area contributed by atoms with Crippen LogP contribution in [0.5, 0.6) is 5.75 Å². The summed E-state index contributed by atoms with van der Waals surface area (Å²) in [7, 11) is 0. The number of nitrogens with two attached hydrogens (primary N) is 1. The van der Waals surface area contributed by atoms with Crippen molar-refractivity contribution in [2.75, 3.05) is 12.0 Å². The lowest BCUT2D eigenvalue weighted by Crippen LogP contribution is -2.19. The number of hydrogen-bond donors (Lipinski definition) is 2. The van der Waals surface area contributed by atoms with E-state index in [-0.39, 0.29) is 5.92 Å². The molecule has 0 aliphatic carbocycles. The number of hydrogen-bond acceptors (Lipinski definition) is 5. The summed E-state index contributed by atoms with van der Waals surface area (Å²) in [5, 5.41) is 0. The molecule has 1 aromatic heterocycles. The van der Waals surface area contributed by atoms with E-state index >= 15 is 0 Å². The van der Waals surface area contributed by atoms with Gasteiger partial charge in [-0.05, 0) is 18.9 Å². The number of aromatic nitrogens is 2. The molecule has 1 atom stereocenters. The molecular formula is C15H18N4O. The van der Waals surface area contributed by atoms with Crippen LogP contribution in [0.3, 0.4) is 0 Å². The summed E-state index contributed by atoms with van der Waals surface area (Å²) < 4.78 is 5.69. The van der Waals surface area contributed by atoms with Crippen molar-refractivity contribution in [2.45, 2.75) is 25.7 Å². The van der Waals surface area contributed by atoms with Crippen LogP contribution in [0.25, 0.3) is 0 Å². The highest BCUT2D eigenvalue weighted by Crippen LogP contribution is 2.36. The molecule has 0 saturated heterocycles. The Morgan fingerprint density at radius 1 is 1.35 bits per heavy atom. The van der Waals surface area contributed by atoms with E-state index in [0.717, 1.165) is 35.7 Å². The first kappa shape index (κ1) is 12.9. The molecule has 20 heavy (non-hydrogen) atoms. The Morgan fingerprint density at radius 3 is 3.00 bits per heavy atom. The van der Waals surface area contributed by atoms with Gasteiger partial charge in [-0.3, -0.25) is 0 Å². The van der Waals surface area contributed by atoms with Crippen LogP contribution in [0.1, 0.15) is 36.3 Å². The fourth-order valence-corrected chi connectivity index (χ4v) is 2.54. The van der Waals surface area contributed by atoms with E-state index in [1.54, 1.807) is 0 Å². The van der Waals surface area contributed by atoms with E-state index in [0.29, 0.717) is 12.4 Å². The van der Waals surface area contributed by atoms with Crippen molar-refractivity contribution < 1.29 is 4.74 Å². The van der Waals surface area contributed by atoms with E-state index in [1.165, 1.54) is 0 Å². The number of fused-ring (bicyclic) bond motifs is 1. The zero-order chi connectivity index (χ0) is 13.9. The second-order valence-electron chi connectivity index (χ2n) is 4.83. The van der Waals surface area contributed by atoms with Crippen LogP contribution < -0.4 is 16.0 Å². The van der Waals surface area contributed by atoms with Gasteiger partial charge in [0.15, 0.2) is 0 Å². The highest BCUT2D eigenvalue weighted by molar-refractivity contribution is 5.43. The molecule has 5 nitrogen and oxygen atoms in total. The van der Waals surface area contributed by atoms with Crippen molar-refractivity contribution >= 4 is 5.82 Å². The van der Waals surface area contributed by atoms with Crippen molar-refractivity contribution in [1.82, 2.24) is 9.97 Å². The molecule has 0 spiro atoms. The molecule has 104 valence electrons. The minimum atomic E-state index is 0.165. The van der Waals surface area contributed by atoms with Crippen LogP contribution in [-0.4, -0.2) is 16.6 Å². The summed E-state index contributed by atoms with van der Waals surface area (Å²) in [4.78, 5) is 9.18. The monoisotopic (exact) mass is 270 g/mol. The molecule has 0 radical (unpaired) electrons. The van der Waals surface area contributed by atoms with Gasteiger partial charge in [0, 0.05) is 17.3 Å². The van der Waals surface area contributed by atoms with Gasteiger partial charge in [0.25, 0.3) is 0 Å². The quantitative estimate of drug-likeness (QED) is 0.661. The first-order chi connectivity index (χ1) is 9.81. The molecule has 0 bridgehead atoms. The number of aryl methyl sites for hydroxylation is 1. The number of para-hydroxylation sites is 1. The topological polar surface area (TPSA) is 73.1 Å². The molecular weight excluding hydrogens is 252 g/mol. The second-order valence-corrected chi connectivity index (χ2v) is 4.83. The fraction of sp³-hybridized carbons (Fsp3) is 0.333. The summed E-state index contributed by atoms with van der Waals surface area (Å²) in [6.07, 6.45) is 1.74. The van der Waals surface area contributed by atoms with E-state index in [9.17, 15) is 0 Å². The van der Waals surface area contributed by atoms with Crippen molar-refractivity contribution in [1.29, 1.82) is 0 Å². The Bertz CT molecular complexity index is 592. The number of anilines is 1. The number of nitrogens with zero attached hydrogens (tertiary/aromatic N) is 2. The van der Waals surface area contributed by atoms with Crippen LogP contribution in [0.15, 0.2) is 30.3 Å². The molecule has 2 aromatic rings. The summed E-state index contributed by atoms with van der Waals surface area (Å²) >= 11 is 0. The number of nitrogens with one attached hydrogen (secondary N) is 1. The summed E-state index contributed by atoms with van der Waals surface area (Å²) in [6.45, 7) is 2.76. The van der Waals surface area contributed by atoms with E-state index in [2.05, 4.69) is 28.4 Å². The summed E-state index contributed by atoms with van der Waals surface area (Å²) in [5.41, 5.74) is 4.76. The van der Waals surface area contributed by atoms with Gasteiger partial charge < -0.3 is 10.2 Å². The van der Waals surface area contributed by atoms with Gasteiger partial charge in [-0.25, -0.2) is 15.8 Å². The number of hydrazine groups is 1. The maximum atomic E-state index is 5.69. The third kappa shape index (κ3) is 2.32. The van der Waals surface area contributed by atoms with Crippen LogP contribution in [0, 0.1) is 0 Å². The minimum Gasteiger partial charge on any atom is -0.493 e. The zero-order valence-electron chi connectivity index (χ0n) is 11.5. The Balaban J connectivity index is 2.05.